The van der Waals surface area contributed by atoms with Crippen LogP contribution in [0.1, 0.15) is 11.1 Å². The van der Waals surface area contributed by atoms with E-state index in [1.807, 2.05) is 12.2 Å². The first-order valence-corrected chi connectivity index (χ1v) is 4.46. The molecule has 0 atom stereocenters. The second-order valence-corrected chi connectivity index (χ2v) is 3.13. The van der Waals surface area contributed by atoms with Crippen molar-refractivity contribution in [3.63, 3.8) is 0 Å². The third kappa shape index (κ3) is 1.61. The smallest absolute Gasteiger partial charge is 0.270 e. The molecule has 0 bridgehead atoms. The average molecular weight is 203 g/mol. The number of nitrogens with zero attached hydrogens (tertiary/aromatic N) is 1. The van der Waals surface area contributed by atoms with E-state index in [0.717, 1.165) is 5.56 Å². The van der Waals surface area contributed by atoms with Gasteiger partial charge in [-0.25, -0.2) is 0 Å². The van der Waals surface area contributed by atoms with Gasteiger partial charge in [0, 0.05) is 23.3 Å². The first-order chi connectivity index (χ1) is 7.22. The molecular weight excluding hydrogens is 194 g/mol. The Kier molecular flexibility index (Phi) is 2.25. The molecule has 4 heteroatoms. The van der Waals surface area contributed by atoms with Gasteiger partial charge in [0.15, 0.2) is 0 Å². The van der Waals surface area contributed by atoms with E-state index < -0.39 is 4.92 Å². The van der Waals surface area contributed by atoms with Crippen molar-refractivity contribution in [2.45, 2.75) is 0 Å². The maximum Gasteiger partial charge on any atom is 0.270 e. The van der Waals surface area contributed by atoms with E-state index in [2.05, 4.69) is 6.58 Å². The highest BCUT2D eigenvalue weighted by Gasteiger charge is 2.16. The lowest BCUT2D eigenvalue weighted by molar-refractivity contribution is -0.384. The number of hydrogen-bond acceptors (Lipinski definition) is 3. The molecule has 0 saturated carbocycles. The number of rotatable bonds is 2. The second-order valence-electron chi connectivity index (χ2n) is 3.13. The van der Waals surface area contributed by atoms with E-state index in [0.29, 0.717) is 17.9 Å². The molecule has 0 aliphatic carbocycles. The van der Waals surface area contributed by atoms with Gasteiger partial charge >= 0.3 is 0 Å². The summed E-state index contributed by atoms with van der Waals surface area (Å²) < 4.78 is 5.40. The Hall–Kier alpha value is -2.10. The zero-order chi connectivity index (χ0) is 10.8. The molecule has 1 aromatic carbocycles. The molecule has 15 heavy (non-hydrogen) atoms. The highest BCUT2D eigenvalue weighted by Crippen LogP contribution is 2.33. The number of ether oxygens (including phenoxy) is 1. The third-order valence-corrected chi connectivity index (χ3v) is 2.18. The largest absolute Gasteiger partial charge is 0.488 e. The van der Waals surface area contributed by atoms with Crippen LogP contribution in [0.15, 0.2) is 24.8 Å². The molecule has 76 valence electrons. The molecular formula is C11H9NO3. The molecule has 2 rings (SSSR count). The Morgan fingerprint density at radius 2 is 2.33 bits per heavy atom. The van der Waals surface area contributed by atoms with Crippen molar-refractivity contribution in [3.05, 3.63) is 46.0 Å². The van der Waals surface area contributed by atoms with Gasteiger partial charge in [-0.05, 0) is 6.08 Å². The fourth-order valence-electron chi connectivity index (χ4n) is 1.51. The maximum atomic E-state index is 10.7. The SMILES string of the molecule is C=Cc1cc([N+](=O)[O-])cc2c1OCC=C2. The van der Waals surface area contributed by atoms with Crippen LogP contribution in [0.5, 0.6) is 5.75 Å². The number of benzene rings is 1. The summed E-state index contributed by atoms with van der Waals surface area (Å²) in [5, 5.41) is 10.7. The van der Waals surface area contributed by atoms with Crippen molar-refractivity contribution in [3.8, 4) is 5.75 Å². The number of nitro benzene ring substituents is 1. The molecule has 0 spiro atoms. The molecule has 1 aliphatic heterocycles. The number of hydrogen-bond donors (Lipinski definition) is 0. The van der Waals surface area contributed by atoms with Crippen LogP contribution in [0, 0.1) is 10.1 Å². The summed E-state index contributed by atoms with van der Waals surface area (Å²) in [5.74, 6) is 0.665. The van der Waals surface area contributed by atoms with Gasteiger partial charge in [-0.15, -0.1) is 0 Å². The topological polar surface area (TPSA) is 52.4 Å². The van der Waals surface area contributed by atoms with Gasteiger partial charge in [-0.3, -0.25) is 10.1 Å². The van der Waals surface area contributed by atoms with Gasteiger partial charge in [-0.2, -0.15) is 0 Å². The van der Waals surface area contributed by atoms with E-state index >= 15 is 0 Å². The molecule has 4 nitrogen and oxygen atoms in total. The minimum absolute atomic E-state index is 0.0544. The molecule has 1 aliphatic rings. The van der Waals surface area contributed by atoms with Crippen molar-refractivity contribution in [1.29, 1.82) is 0 Å². The van der Waals surface area contributed by atoms with Crippen LogP contribution >= 0.6 is 0 Å². The van der Waals surface area contributed by atoms with Crippen molar-refractivity contribution in [2.24, 2.45) is 0 Å². The van der Waals surface area contributed by atoms with Gasteiger partial charge in [-0.1, -0.05) is 18.7 Å². The van der Waals surface area contributed by atoms with Crippen LogP contribution in [0.25, 0.3) is 12.2 Å². The normalized spacial score (nSPS) is 12.8. The van der Waals surface area contributed by atoms with E-state index in [1.165, 1.54) is 12.1 Å². The van der Waals surface area contributed by atoms with Gasteiger partial charge in [0.05, 0.1) is 4.92 Å². The summed E-state index contributed by atoms with van der Waals surface area (Å²) in [6, 6.07) is 2.96. The van der Waals surface area contributed by atoms with Crippen LogP contribution in [0.2, 0.25) is 0 Å². The zero-order valence-electron chi connectivity index (χ0n) is 7.97. The number of fused-ring (bicyclic) bond motifs is 1. The van der Waals surface area contributed by atoms with Gasteiger partial charge in [0.1, 0.15) is 12.4 Å². The molecule has 0 unspecified atom stereocenters. The van der Waals surface area contributed by atoms with E-state index in [4.69, 9.17) is 4.74 Å². The fraction of sp³-hybridized carbons (Fsp3) is 0.0909. The van der Waals surface area contributed by atoms with E-state index in [-0.39, 0.29) is 5.69 Å². The lowest BCUT2D eigenvalue weighted by Gasteiger charge is -2.14. The molecule has 0 N–H and O–H groups in total. The Morgan fingerprint density at radius 1 is 1.53 bits per heavy atom. The zero-order valence-corrected chi connectivity index (χ0v) is 7.97. The number of nitro groups is 1. The number of non-ortho nitro benzene ring substituents is 1. The molecule has 0 amide bonds. The van der Waals surface area contributed by atoms with Gasteiger partial charge in [0.25, 0.3) is 5.69 Å². The van der Waals surface area contributed by atoms with Crippen LogP contribution in [0.4, 0.5) is 5.69 Å². The lowest BCUT2D eigenvalue weighted by atomic mass is 10.1. The predicted molar refractivity (Wildman–Crippen MR) is 57.7 cm³/mol. The minimum Gasteiger partial charge on any atom is -0.488 e. The monoisotopic (exact) mass is 203 g/mol. The van der Waals surface area contributed by atoms with Crippen molar-refractivity contribution < 1.29 is 9.66 Å². The van der Waals surface area contributed by atoms with Crippen molar-refractivity contribution in [1.82, 2.24) is 0 Å². The molecule has 0 radical (unpaired) electrons. The summed E-state index contributed by atoms with van der Waals surface area (Å²) in [7, 11) is 0. The summed E-state index contributed by atoms with van der Waals surface area (Å²) in [5.41, 5.74) is 1.44. The Bertz CT molecular complexity index is 463. The summed E-state index contributed by atoms with van der Waals surface area (Å²) in [4.78, 5) is 10.2. The second kappa shape index (κ2) is 3.57. The first-order valence-electron chi connectivity index (χ1n) is 4.46. The molecule has 0 aromatic heterocycles. The van der Waals surface area contributed by atoms with Gasteiger partial charge < -0.3 is 4.74 Å². The summed E-state index contributed by atoms with van der Waals surface area (Å²) in [6.45, 7) is 4.10. The fourth-order valence-corrected chi connectivity index (χ4v) is 1.51. The minimum atomic E-state index is -0.421. The predicted octanol–water partition coefficient (Wildman–Crippen LogP) is 2.64. The van der Waals surface area contributed by atoms with Crippen molar-refractivity contribution in [2.75, 3.05) is 6.61 Å². The van der Waals surface area contributed by atoms with Crippen LogP contribution in [-0.2, 0) is 0 Å². The van der Waals surface area contributed by atoms with Crippen LogP contribution in [-0.4, -0.2) is 11.5 Å². The Morgan fingerprint density at radius 3 is 3.00 bits per heavy atom. The lowest BCUT2D eigenvalue weighted by Crippen LogP contribution is -2.03. The Balaban J connectivity index is 2.64. The summed E-state index contributed by atoms with van der Waals surface area (Å²) >= 11 is 0. The highest BCUT2D eigenvalue weighted by molar-refractivity contribution is 5.71. The molecule has 0 saturated heterocycles. The van der Waals surface area contributed by atoms with Crippen LogP contribution in [0.3, 0.4) is 0 Å². The quantitative estimate of drug-likeness (QED) is 0.548. The van der Waals surface area contributed by atoms with Crippen LogP contribution < -0.4 is 4.74 Å². The first kappa shape index (κ1) is 9.45. The van der Waals surface area contributed by atoms with Crippen molar-refractivity contribution >= 4 is 17.8 Å². The Labute approximate surface area is 86.6 Å². The highest BCUT2D eigenvalue weighted by atomic mass is 16.6. The maximum absolute atomic E-state index is 10.7. The van der Waals surface area contributed by atoms with E-state index in [1.54, 1.807) is 6.08 Å². The standard InChI is InChI=1S/C11H9NO3/c1-2-8-6-10(12(13)14)7-9-4-3-5-15-11(8)9/h2-4,6-7H,1,5H2. The average Bonchev–Trinajstić information content (AvgIpc) is 2.27. The molecule has 1 aromatic rings. The molecule has 1 heterocycles. The van der Waals surface area contributed by atoms with Gasteiger partial charge in [0.2, 0.25) is 0 Å². The molecule has 0 fully saturated rings. The third-order valence-electron chi connectivity index (χ3n) is 2.18. The summed E-state index contributed by atoms with van der Waals surface area (Å²) in [6.07, 6.45) is 5.20. The van der Waals surface area contributed by atoms with E-state index in [9.17, 15) is 10.1 Å².